The van der Waals surface area contributed by atoms with Gasteiger partial charge in [0.15, 0.2) is 0 Å². The molecule has 200 valence electrons. The molecule has 4 aromatic rings. The molecule has 1 aliphatic heterocycles. The smallest absolute Gasteiger partial charge is 0.240 e. The van der Waals surface area contributed by atoms with Crippen LogP contribution in [0.4, 0.5) is 5.69 Å². The van der Waals surface area contributed by atoms with Crippen LogP contribution in [-0.2, 0) is 21.0 Å². The fraction of sp³-hybridized carbons (Fsp3) is 0.306. The van der Waals surface area contributed by atoms with Gasteiger partial charge in [-0.3, -0.25) is 4.79 Å². The number of fused-ring (bicyclic) bond motifs is 1. The fourth-order valence-corrected chi connectivity index (χ4v) is 6.14. The number of benzene rings is 4. The van der Waals surface area contributed by atoms with Gasteiger partial charge in [0.25, 0.3) is 0 Å². The average Bonchev–Trinajstić information content (AvgIpc) is 3.17. The lowest BCUT2D eigenvalue weighted by Crippen LogP contribution is -2.42. The van der Waals surface area contributed by atoms with Gasteiger partial charge >= 0.3 is 0 Å². The summed E-state index contributed by atoms with van der Waals surface area (Å²) in [7, 11) is 0. The molecule has 4 aromatic carbocycles. The minimum atomic E-state index is -1.01. The van der Waals surface area contributed by atoms with Crippen LogP contribution >= 0.6 is 0 Å². The van der Waals surface area contributed by atoms with Crippen LogP contribution in [0.1, 0.15) is 86.4 Å². The van der Waals surface area contributed by atoms with E-state index in [0.717, 1.165) is 39.1 Å². The molecular weight excluding hydrogens is 478 g/mol. The molecule has 2 atom stereocenters. The molecule has 39 heavy (non-hydrogen) atoms. The molecule has 1 aliphatic rings. The number of phenolic OH excluding ortho intramolecular Hbond substituents is 1. The zero-order valence-corrected chi connectivity index (χ0v) is 24.1. The third-order valence-electron chi connectivity index (χ3n) is 8.11. The SMILES string of the molecule is Cc1ccc(C(c2cc(C(C)(C)C)c(O)c(C(C)(C)C)c2)C2(c3ccccc3)C(=O)Nc3ccccc32)cc1. The van der Waals surface area contributed by atoms with Gasteiger partial charge in [-0.2, -0.15) is 0 Å². The summed E-state index contributed by atoms with van der Waals surface area (Å²) in [5.74, 6) is -0.0402. The highest BCUT2D eigenvalue weighted by atomic mass is 16.3. The van der Waals surface area contributed by atoms with Crippen LogP contribution in [0.3, 0.4) is 0 Å². The van der Waals surface area contributed by atoms with Crippen LogP contribution in [0, 0.1) is 6.92 Å². The molecule has 1 heterocycles. The number of carbonyl (C=O) groups excluding carboxylic acids is 1. The molecule has 0 aromatic heterocycles. The number of rotatable bonds is 4. The summed E-state index contributed by atoms with van der Waals surface area (Å²) in [6.45, 7) is 14.9. The molecule has 2 unspecified atom stereocenters. The lowest BCUT2D eigenvalue weighted by molar-refractivity contribution is -0.120. The summed E-state index contributed by atoms with van der Waals surface area (Å²) in [6, 6.07) is 31.0. The van der Waals surface area contributed by atoms with Crippen molar-refractivity contribution in [3.05, 3.63) is 130 Å². The number of para-hydroxylation sites is 1. The molecule has 1 amide bonds. The quantitative estimate of drug-likeness (QED) is 0.286. The first-order chi connectivity index (χ1) is 18.3. The molecule has 2 N–H and O–H groups in total. The van der Waals surface area contributed by atoms with E-state index in [0.29, 0.717) is 5.75 Å². The number of amides is 1. The molecule has 0 bridgehead atoms. The summed E-state index contributed by atoms with van der Waals surface area (Å²) < 4.78 is 0. The van der Waals surface area contributed by atoms with Crippen molar-refractivity contribution >= 4 is 11.6 Å². The van der Waals surface area contributed by atoms with Gasteiger partial charge in [0.1, 0.15) is 11.2 Å². The number of anilines is 1. The Hall–Kier alpha value is -3.85. The Morgan fingerprint density at radius 3 is 1.82 bits per heavy atom. The van der Waals surface area contributed by atoms with E-state index >= 15 is 0 Å². The van der Waals surface area contributed by atoms with Crippen LogP contribution in [0.5, 0.6) is 5.75 Å². The third kappa shape index (κ3) is 4.44. The highest BCUT2D eigenvalue weighted by molar-refractivity contribution is 6.10. The monoisotopic (exact) mass is 517 g/mol. The molecule has 3 heteroatoms. The molecule has 0 saturated carbocycles. The topological polar surface area (TPSA) is 49.3 Å². The Morgan fingerprint density at radius 2 is 1.26 bits per heavy atom. The number of phenols is 1. The van der Waals surface area contributed by atoms with Crippen LogP contribution in [0.25, 0.3) is 0 Å². The van der Waals surface area contributed by atoms with Crippen molar-refractivity contribution in [2.45, 2.75) is 70.6 Å². The van der Waals surface area contributed by atoms with Crippen LogP contribution in [-0.4, -0.2) is 11.0 Å². The highest BCUT2D eigenvalue weighted by Crippen LogP contribution is 2.55. The fourth-order valence-electron chi connectivity index (χ4n) is 6.14. The Balaban J connectivity index is 1.95. The number of carbonyl (C=O) groups is 1. The predicted octanol–water partition coefficient (Wildman–Crippen LogP) is 8.37. The van der Waals surface area contributed by atoms with E-state index in [4.69, 9.17) is 0 Å². The Bertz CT molecular complexity index is 1490. The molecule has 0 saturated heterocycles. The molecule has 0 spiro atoms. The maximum atomic E-state index is 14.5. The van der Waals surface area contributed by atoms with E-state index in [1.165, 1.54) is 5.56 Å². The summed E-state index contributed by atoms with van der Waals surface area (Å²) in [4.78, 5) is 14.5. The number of aromatic hydroxyl groups is 1. The molecular formula is C36H39NO2. The first-order valence-electron chi connectivity index (χ1n) is 13.8. The van der Waals surface area contributed by atoms with E-state index in [1.54, 1.807) is 0 Å². The van der Waals surface area contributed by atoms with Gasteiger partial charge in [-0.15, -0.1) is 0 Å². The molecule has 0 fully saturated rings. The van der Waals surface area contributed by atoms with Crippen LogP contribution in [0.2, 0.25) is 0 Å². The summed E-state index contributed by atoms with van der Waals surface area (Å²) in [6.07, 6.45) is 0. The summed E-state index contributed by atoms with van der Waals surface area (Å²) >= 11 is 0. The number of hydrogen-bond donors (Lipinski definition) is 2. The standard InChI is InChI=1S/C36H39NO2/c1-23-17-19-24(20-18-23)31(25-21-28(34(2,3)4)32(38)29(22-25)35(5,6)7)36(26-13-9-8-10-14-26)27-15-11-12-16-30(27)37-33(36)39/h8-22,31,38H,1-7H3,(H,37,39). The van der Waals surface area contributed by atoms with E-state index < -0.39 is 5.41 Å². The van der Waals surface area contributed by atoms with Crippen molar-refractivity contribution in [3.8, 4) is 5.75 Å². The lowest BCUT2D eigenvalue weighted by Gasteiger charge is -2.39. The van der Waals surface area contributed by atoms with Gasteiger partial charge in [0.2, 0.25) is 5.91 Å². The largest absolute Gasteiger partial charge is 0.507 e. The van der Waals surface area contributed by atoms with Gasteiger partial charge in [-0.25, -0.2) is 0 Å². The second kappa shape index (κ2) is 9.41. The zero-order chi connectivity index (χ0) is 28.2. The normalized spacial score (nSPS) is 18.0. The molecule has 3 nitrogen and oxygen atoms in total. The average molecular weight is 518 g/mol. The number of nitrogens with one attached hydrogen (secondary N) is 1. The minimum absolute atomic E-state index is 0.0387. The Morgan fingerprint density at radius 1 is 0.718 bits per heavy atom. The van der Waals surface area contributed by atoms with Crippen molar-refractivity contribution in [3.63, 3.8) is 0 Å². The lowest BCUT2D eigenvalue weighted by atomic mass is 9.61. The van der Waals surface area contributed by atoms with Gasteiger partial charge in [-0.1, -0.05) is 132 Å². The maximum absolute atomic E-state index is 14.5. The van der Waals surface area contributed by atoms with Gasteiger partial charge in [0.05, 0.1) is 0 Å². The molecule has 5 rings (SSSR count). The van der Waals surface area contributed by atoms with Crippen molar-refractivity contribution in [2.24, 2.45) is 0 Å². The second-order valence-corrected chi connectivity index (χ2v) is 13.0. The van der Waals surface area contributed by atoms with Gasteiger partial charge in [0, 0.05) is 11.6 Å². The van der Waals surface area contributed by atoms with Crippen molar-refractivity contribution in [1.29, 1.82) is 0 Å². The molecule has 0 radical (unpaired) electrons. The van der Waals surface area contributed by atoms with Crippen LogP contribution in [0.15, 0.2) is 91.0 Å². The third-order valence-corrected chi connectivity index (χ3v) is 8.11. The van der Waals surface area contributed by atoms with E-state index in [-0.39, 0.29) is 22.7 Å². The minimum Gasteiger partial charge on any atom is -0.507 e. The molecule has 0 aliphatic carbocycles. The number of hydrogen-bond acceptors (Lipinski definition) is 2. The Labute approximate surface area is 232 Å². The van der Waals surface area contributed by atoms with Crippen LogP contribution < -0.4 is 5.32 Å². The van der Waals surface area contributed by atoms with Crippen molar-refractivity contribution in [1.82, 2.24) is 0 Å². The highest BCUT2D eigenvalue weighted by Gasteiger charge is 2.55. The second-order valence-electron chi connectivity index (χ2n) is 13.0. The maximum Gasteiger partial charge on any atom is 0.240 e. The van der Waals surface area contributed by atoms with Crippen molar-refractivity contribution in [2.75, 3.05) is 5.32 Å². The zero-order valence-electron chi connectivity index (χ0n) is 24.1. The first kappa shape index (κ1) is 26.7. The first-order valence-corrected chi connectivity index (χ1v) is 13.8. The predicted molar refractivity (Wildman–Crippen MR) is 161 cm³/mol. The van der Waals surface area contributed by atoms with Gasteiger partial charge < -0.3 is 10.4 Å². The summed E-state index contributed by atoms with van der Waals surface area (Å²) in [5, 5.41) is 14.8. The number of aryl methyl sites for hydroxylation is 1. The summed E-state index contributed by atoms with van der Waals surface area (Å²) in [5.41, 5.74) is 6.16. The van der Waals surface area contributed by atoms with E-state index in [2.05, 4.69) is 108 Å². The van der Waals surface area contributed by atoms with E-state index in [1.807, 2.05) is 36.4 Å². The van der Waals surface area contributed by atoms with E-state index in [9.17, 15) is 9.90 Å². The van der Waals surface area contributed by atoms with Crippen molar-refractivity contribution < 1.29 is 9.90 Å². The van der Waals surface area contributed by atoms with Gasteiger partial charge in [-0.05, 0) is 57.2 Å². The Kier molecular flexibility index (Phi) is 6.45.